The average Bonchev–Trinajstić information content (AvgIpc) is 2.03. The van der Waals surface area contributed by atoms with Crippen LogP contribution in [0.5, 0.6) is 0 Å². The minimum absolute atomic E-state index is 0.347. The van der Waals surface area contributed by atoms with Crippen molar-refractivity contribution in [3.8, 4) is 0 Å². The van der Waals surface area contributed by atoms with E-state index in [4.69, 9.17) is 0 Å². The van der Waals surface area contributed by atoms with Gasteiger partial charge in [0.1, 0.15) is 5.82 Å². The minimum atomic E-state index is -1.26. The fourth-order valence-corrected chi connectivity index (χ4v) is 0.738. The summed E-state index contributed by atoms with van der Waals surface area (Å²) in [5.74, 6) is -1.61. The van der Waals surface area contributed by atoms with Gasteiger partial charge in [0, 0.05) is 0 Å². The lowest BCUT2D eigenvalue weighted by atomic mass is 10.2. The standard InChI is InChI=1S/C9H7FO2/c10-8-4-1-7(2-5-8)3-6-9(11)12/h1-6H,(H,11,12)/p-1/b6-3+. The van der Waals surface area contributed by atoms with E-state index >= 15 is 0 Å². The molecule has 3 heteroatoms. The van der Waals surface area contributed by atoms with Gasteiger partial charge < -0.3 is 9.90 Å². The van der Waals surface area contributed by atoms with Gasteiger partial charge in [-0.2, -0.15) is 0 Å². The summed E-state index contributed by atoms with van der Waals surface area (Å²) in [5.41, 5.74) is 0.626. The van der Waals surface area contributed by atoms with Crippen molar-refractivity contribution in [1.82, 2.24) is 0 Å². The Kier molecular flexibility index (Phi) is 2.58. The first-order valence-electron chi connectivity index (χ1n) is 3.33. The zero-order chi connectivity index (χ0) is 8.97. The largest absolute Gasteiger partial charge is 0.545 e. The molecule has 1 aromatic rings. The molecule has 0 amide bonds. The highest BCUT2D eigenvalue weighted by atomic mass is 19.1. The number of carboxylic acids is 1. The first kappa shape index (κ1) is 8.46. The van der Waals surface area contributed by atoms with Crippen molar-refractivity contribution in [3.05, 3.63) is 41.7 Å². The molecule has 1 aromatic carbocycles. The Morgan fingerprint density at radius 1 is 1.33 bits per heavy atom. The third-order valence-electron chi connectivity index (χ3n) is 1.28. The number of benzene rings is 1. The molecule has 0 aromatic heterocycles. The van der Waals surface area contributed by atoms with E-state index in [2.05, 4.69) is 0 Å². The van der Waals surface area contributed by atoms with Crippen LogP contribution in [0.3, 0.4) is 0 Å². The van der Waals surface area contributed by atoms with E-state index in [1.165, 1.54) is 30.3 Å². The van der Waals surface area contributed by atoms with Crippen LogP contribution in [0.2, 0.25) is 0 Å². The number of aliphatic carboxylic acids is 1. The van der Waals surface area contributed by atoms with Crippen LogP contribution < -0.4 is 5.11 Å². The SMILES string of the molecule is O=C([O-])/C=C/c1ccc(F)cc1. The molecule has 0 N–H and O–H groups in total. The van der Waals surface area contributed by atoms with Crippen LogP contribution in [0.15, 0.2) is 30.3 Å². The number of rotatable bonds is 2. The second-order valence-electron chi connectivity index (χ2n) is 2.20. The molecule has 0 aliphatic heterocycles. The number of hydrogen-bond acceptors (Lipinski definition) is 2. The molecule has 0 spiro atoms. The van der Waals surface area contributed by atoms with Crippen LogP contribution in [-0.4, -0.2) is 5.97 Å². The van der Waals surface area contributed by atoms with Gasteiger partial charge in [-0.15, -0.1) is 0 Å². The molecule has 0 fully saturated rings. The fourth-order valence-electron chi connectivity index (χ4n) is 0.738. The molecule has 0 radical (unpaired) electrons. The predicted molar refractivity (Wildman–Crippen MR) is 40.4 cm³/mol. The molecule has 12 heavy (non-hydrogen) atoms. The molecule has 2 nitrogen and oxygen atoms in total. The van der Waals surface area contributed by atoms with Crippen molar-refractivity contribution in [2.75, 3.05) is 0 Å². The van der Waals surface area contributed by atoms with Crippen molar-refractivity contribution < 1.29 is 14.3 Å². The molecule has 0 atom stereocenters. The fraction of sp³-hybridized carbons (Fsp3) is 0. The molecule has 62 valence electrons. The van der Waals surface area contributed by atoms with Gasteiger partial charge >= 0.3 is 0 Å². The Bertz CT molecular complexity index is 301. The molecular formula is C9H6FO2-. The zero-order valence-corrected chi connectivity index (χ0v) is 6.16. The highest BCUT2D eigenvalue weighted by Crippen LogP contribution is 2.03. The Morgan fingerprint density at radius 2 is 1.92 bits per heavy atom. The first-order chi connectivity index (χ1) is 5.68. The Balaban J connectivity index is 2.77. The molecule has 0 aliphatic carbocycles. The van der Waals surface area contributed by atoms with Gasteiger partial charge in [-0.05, 0) is 23.8 Å². The number of carboxylic acid groups (broad SMARTS) is 1. The van der Waals surface area contributed by atoms with E-state index in [0.717, 1.165) is 6.08 Å². The maximum absolute atomic E-state index is 12.3. The summed E-state index contributed by atoms with van der Waals surface area (Å²) in [6.07, 6.45) is 2.24. The summed E-state index contributed by atoms with van der Waals surface area (Å²) < 4.78 is 12.3. The van der Waals surface area contributed by atoms with Crippen LogP contribution in [0, 0.1) is 5.82 Å². The summed E-state index contributed by atoms with van der Waals surface area (Å²) in [4.78, 5) is 9.97. The highest BCUT2D eigenvalue weighted by Gasteiger charge is 1.87. The molecule has 0 heterocycles. The number of carbonyl (C=O) groups is 1. The minimum Gasteiger partial charge on any atom is -0.545 e. The maximum Gasteiger partial charge on any atom is 0.123 e. The molecule has 0 bridgehead atoms. The third kappa shape index (κ3) is 2.54. The monoisotopic (exact) mass is 165 g/mol. The summed E-state index contributed by atoms with van der Waals surface area (Å²) in [5, 5.41) is 9.97. The lowest BCUT2D eigenvalue weighted by molar-refractivity contribution is -0.297. The Morgan fingerprint density at radius 3 is 2.42 bits per heavy atom. The van der Waals surface area contributed by atoms with E-state index in [0.29, 0.717) is 5.56 Å². The van der Waals surface area contributed by atoms with Gasteiger partial charge in [-0.3, -0.25) is 0 Å². The first-order valence-corrected chi connectivity index (χ1v) is 3.33. The summed E-state index contributed by atoms with van der Waals surface area (Å²) >= 11 is 0. The van der Waals surface area contributed by atoms with Crippen LogP contribution in [0.1, 0.15) is 5.56 Å². The van der Waals surface area contributed by atoms with E-state index in [-0.39, 0.29) is 5.82 Å². The van der Waals surface area contributed by atoms with Crippen molar-refractivity contribution in [2.45, 2.75) is 0 Å². The van der Waals surface area contributed by atoms with Gasteiger partial charge in [-0.25, -0.2) is 4.39 Å². The maximum atomic E-state index is 12.3. The summed E-state index contributed by atoms with van der Waals surface area (Å²) in [6.45, 7) is 0. The Hall–Kier alpha value is -1.64. The van der Waals surface area contributed by atoms with Gasteiger partial charge in [-0.1, -0.05) is 18.2 Å². The van der Waals surface area contributed by atoms with E-state index in [1.54, 1.807) is 0 Å². The van der Waals surface area contributed by atoms with Crippen molar-refractivity contribution >= 4 is 12.0 Å². The number of hydrogen-bond donors (Lipinski definition) is 0. The Labute approximate surface area is 69.0 Å². The lowest BCUT2D eigenvalue weighted by Crippen LogP contribution is -2.18. The van der Waals surface area contributed by atoms with Crippen LogP contribution in [-0.2, 0) is 4.79 Å². The number of halogens is 1. The van der Waals surface area contributed by atoms with Crippen LogP contribution in [0.25, 0.3) is 6.08 Å². The van der Waals surface area contributed by atoms with Crippen molar-refractivity contribution in [2.24, 2.45) is 0 Å². The molecule has 0 saturated heterocycles. The van der Waals surface area contributed by atoms with E-state index < -0.39 is 5.97 Å². The number of carbonyl (C=O) groups excluding carboxylic acids is 1. The quantitative estimate of drug-likeness (QED) is 0.601. The predicted octanol–water partition coefficient (Wildman–Crippen LogP) is 0.589. The van der Waals surface area contributed by atoms with Crippen molar-refractivity contribution in [3.63, 3.8) is 0 Å². The smallest absolute Gasteiger partial charge is 0.123 e. The molecule has 1 rings (SSSR count). The summed E-state index contributed by atoms with van der Waals surface area (Å²) in [6, 6.07) is 5.48. The van der Waals surface area contributed by atoms with Crippen LogP contribution in [0.4, 0.5) is 4.39 Å². The van der Waals surface area contributed by atoms with E-state index in [9.17, 15) is 14.3 Å². The zero-order valence-electron chi connectivity index (χ0n) is 6.16. The molecular weight excluding hydrogens is 159 g/mol. The average molecular weight is 165 g/mol. The highest BCUT2D eigenvalue weighted by molar-refractivity contribution is 5.83. The van der Waals surface area contributed by atoms with Crippen LogP contribution >= 0.6 is 0 Å². The molecule has 0 aliphatic rings. The van der Waals surface area contributed by atoms with Gasteiger partial charge in [0.2, 0.25) is 0 Å². The topological polar surface area (TPSA) is 40.1 Å². The van der Waals surface area contributed by atoms with Gasteiger partial charge in [0.25, 0.3) is 0 Å². The molecule has 0 unspecified atom stereocenters. The van der Waals surface area contributed by atoms with Gasteiger partial charge in [0.15, 0.2) is 0 Å². The molecule has 0 saturated carbocycles. The summed E-state index contributed by atoms with van der Waals surface area (Å²) in [7, 11) is 0. The second-order valence-corrected chi connectivity index (χ2v) is 2.20. The second kappa shape index (κ2) is 3.67. The van der Waals surface area contributed by atoms with Crippen molar-refractivity contribution in [1.29, 1.82) is 0 Å². The lowest BCUT2D eigenvalue weighted by Gasteiger charge is -1.93. The normalized spacial score (nSPS) is 10.4. The third-order valence-corrected chi connectivity index (χ3v) is 1.28. The van der Waals surface area contributed by atoms with Gasteiger partial charge in [0.05, 0.1) is 5.97 Å². The van der Waals surface area contributed by atoms with E-state index in [1.807, 2.05) is 0 Å².